The number of rotatable bonds is 6. The van der Waals surface area contributed by atoms with Gasteiger partial charge < -0.3 is 15.0 Å². The maximum Gasteiger partial charge on any atom is 0.270 e. The fourth-order valence-corrected chi connectivity index (χ4v) is 4.22. The lowest BCUT2D eigenvalue weighted by molar-refractivity contribution is -0.0415. The van der Waals surface area contributed by atoms with Crippen LogP contribution >= 0.6 is 0 Å². The van der Waals surface area contributed by atoms with Crippen LogP contribution in [0.1, 0.15) is 41.4 Å². The highest BCUT2D eigenvalue weighted by atomic mass is 19.1. The third kappa shape index (κ3) is 4.45. The first-order valence-electron chi connectivity index (χ1n) is 11.2. The van der Waals surface area contributed by atoms with Crippen LogP contribution in [0.5, 0.6) is 5.75 Å². The lowest BCUT2D eigenvalue weighted by atomic mass is 9.91. The minimum atomic E-state index is -0.811. The van der Waals surface area contributed by atoms with Gasteiger partial charge in [0.2, 0.25) is 0 Å². The topological polar surface area (TPSA) is 100 Å². The predicted molar refractivity (Wildman–Crippen MR) is 121 cm³/mol. The third-order valence-corrected chi connectivity index (χ3v) is 6.52. The fourth-order valence-electron chi connectivity index (χ4n) is 4.22. The summed E-state index contributed by atoms with van der Waals surface area (Å²) >= 11 is 0. The van der Waals surface area contributed by atoms with E-state index >= 15 is 0 Å². The summed E-state index contributed by atoms with van der Waals surface area (Å²) in [6, 6.07) is 7.21. The molecule has 2 aliphatic rings. The molecule has 4 heterocycles. The van der Waals surface area contributed by atoms with Crippen molar-refractivity contribution in [2.45, 2.75) is 57.6 Å². The van der Waals surface area contributed by atoms with Crippen molar-refractivity contribution in [1.82, 2.24) is 25.2 Å². The van der Waals surface area contributed by atoms with Crippen LogP contribution in [0.25, 0.3) is 11.0 Å². The van der Waals surface area contributed by atoms with Crippen molar-refractivity contribution < 1.29 is 13.9 Å². The number of fused-ring (bicyclic) bond motifs is 1. The molecular formula is C24H26FN5O3. The molecule has 1 aliphatic carbocycles. The van der Waals surface area contributed by atoms with Crippen molar-refractivity contribution >= 4 is 16.9 Å². The number of hydrogen-bond donors (Lipinski definition) is 2. The molecule has 0 aromatic carbocycles. The van der Waals surface area contributed by atoms with Crippen LogP contribution in [0, 0.1) is 6.92 Å². The SMILES string of the molecule is Cc1cc2ncc(CN3C[C@H](Oc4ccc(C(=O)N[C@H]5C[C@H](F)C5)nc4)[C@H]3C)cc2[nH]c1=O. The highest BCUT2D eigenvalue weighted by Gasteiger charge is 2.37. The van der Waals surface area contributed by atoms with Gasteiger partial charge in [0.15, 0.2) is 0 Å². The van der Waals surface area contributed by atoms with E-state index in [1.807, 2.05) is 12.3 Å². The van der Waals surface area contributed by atoms with E-state index in [-0.39, 0.29) is 29.7 Å². The lowest BCUT2D eigenvalue weighted by Crippen LogP contribution is -2.60. The van der Waals surface area contributed by atoms with Gasteiger partial charge in [0.25, 0.3) is 11.5 Å². The monoisotopic (exact) mass is 451 g/mol. The summed E-state index contributed by atoms with van der Waals surface area (Å²) in [6.07, 6.45) is 3.33. The summed E-state index contributed by atoms with van der Waals surface area (Å²) in [7, 11) is 0. The first kappa shape index (κ1) is 21.5. The zero-order valence-electron chi connectivity index (χ0n) is 18.5. The number of aromatic nitrogens is 3. The van der Waals surface area contributed by atoms with Gasteiger partial charge in [-0.2, -0.15) is 0 Å². The third-order valence-electron chi connectivity index (χ3n) is 6.52. The van der Waals surface area contributed by atoms with Crippen LogP contribution in [-0.2, 0) is 6.54 Å². The number of nitrogens with zero attached hydrogens (tertiary/aromatic N) is 3. The van der Waals surface area contributed by atoms with Crippen LogP contribution in [0.3, 0.4) is 0 Å². The van der Waals surface area contributed by atoms with Crippen molar-refractivity contribution in [2.75, 3.05) is 6.54 Å². The van der Waals surface area contributed by atoms with Crippen molar-refractivity contribution in [3.8, 4) is 5.75 Å². The highest BCUT2D eigenvalue weighted by Crippen LogP contribution is 2.26. The van der Waals surface area contributed by atoms with Crippen LogP contribution < -0.4 is 15.6 Å². The average Bonchev–Trinajstić information content (AvgIpc) is 2.78. The molecule has 172 valence electrons. The number of carbonyl (C=O) groups excluding carboxylic acids is 1. The summed E-state index contributed by atoms with van der Waals surface area (Å²) in [5.41, 5.74) is 3.38. The molecule has 1 amide bonds. The van der Waals surface area contributed by atoms with Crippen molar-refractivity contribution in [1.29, 1.82) is 0 Å². The molecule has 1 aliphatic heterocycles. The second kappa shape index (κ2) is 8.55. The van der Waals surface area contributed by atoms with Gasteiger partial charge >= 0.3 is 0 Å². The maximum absolute atomic E-state index is 12.9. The Morgan fingerprint density at radius 1 is 1.27 bits per heavy atom. The summed E-state index contributed by atoms with van der Waals surface area (Å²) in [4.78, 5) is 37.9. The van der Waals surface area contributed by atoms with Gasteiger partial charge in [-0.3, -0.25) is 19.5 Å². The Kier molecular flexibility index (Phi) is 5.57. The van der Waals surface area contributed by atoms with E-state index in [1.54, 1.807) is 31.3 Å². The van der Waals surface area contributed by atoms with Crippen LogP contribution in [0.2, 0.25) is 0 Å². The molecule has 3 aromatic heterocycles. The molecule has 33 heavy (non-hydrogen) atoms. The van der Waals surface area contributed by atoms with E-state index in [2.05, 4.69) is 32.1 Å². The zero-order chi connectivity index (χ0) is 23.1. The molecule has 0 bridgehead atoms. The minimum Gasteiger partial charge on any atom is -0.486 e. The number of hydrogen-bond acceptors (Lipinski definition) is 6. The summed E-state index contributed by atoms with van der Waals surface area (Å²) in [6.45, 7) is 5.32. The molecule has 2 fully saturated rings. The number of aromatic amines is 1. The van der Waals surface area contributed by atoms with Crippen LogP contribution in [-0.4, -0.2) is 56.7 Å². The van der Waals surface area contributed by atoms with Crippen molar-refractivity contribution in [3.05, 3.63) is 63.8 Å². The molecule has 0 radical (unpaired) electrons. The molecular weight excluding hydrogens is 425 g/mol. The van der Waals surface area contributed by atoms with Gasteiger partial charge in [0, 0.05) is 36.9 Å². The number of amides is 1. The molecule has 5 rings (SSSR count). The number of pyridine rings is 3. The Morgan fingerprint density at radius 2 is 2.09 bits per heavy atom. The number of nitrogens with one attached hydrogen (secondary N) is 2. The van der Waals surface area contributed by atoms with Gasteiger partial charge in [0.05, 0.1) is 17.2 Å². The first-order valence-corrected chi connectivity index (χ1v) is 11.2. The first-order chi connectivity index (χ1) is 15.9. The second-order valence-corrected chi connectivity index (χ2v) is 9.00. The van der Waals surface area contributed by atoms with Crippen LogP contribution in [0.15, 0.2) is 41.5 Å². The van der Waals surface area contributed by atoms with Crippen LogP contribution in [0.4, 0.5) is 4.39 Å². The van der Waals surface area contributed by atoms with Gasteiger partial charge in [-0.15, -0.1) is 0 Å². The van der Waals surface area contributed by atoms with Crippen molar-refractivity contribution in [2.24, 2.45) is 0 Å². The van der Waals surface area contributed by atoms with E-state index in [4.69, 9.17) is 4.74 Å². The second-order valence-electron chi connectivity index (χ2n) is 9.00. The van der Waals surface area contributed by atoms with Gasteiger partial charge in [0.1, 0.15) is 23.7 Å². The Balaban J connectivity index is 1.15. The smallest absolute Gasteiger partial charge is 0.270 e. The minimum absolute atomic E-state index is 0.0128. The quantitative estimate of drug-likeness (QED) is 0.597. The number of aryl methyl sites for hydroxylation is 1. The molecule has 1 saturated heterocycles. The number of carbonyl (C=O) groups is 1. The lowest BCUT2D eigenvalue weighted by Gasteiger charge is -2.45. The van der Waals surface area contributed by atoms with E-state index in [0.29, 0.717) is 36.4 Å². The van der Waals surface area contributed by atoms with Gasteiger partial charge in [-0.1, -0.05) is 0 Å². The Morgan fingerprint density at radius 3 is 2.79 bits per heavy atom. The molecule has 8 nitrogen and oxygen atoms in total. The molecule has 0 unspecified atom stereocenters. The zero-order valence-corrected chi connectivity index (χ0v) is 18.5. The predicted octanol–water partition coefficient (Wildman–Crippen LogP) is 2.51. The van der Waals surface area contributed by atoms with E-state index in [0.717, 1.165) is 23.1 Å². The summed E-state index contributed by atoms with van der Waals surface area (Å²) in [5.74, 6) is 0.318. The highest BCUT2D eigenvalue weighted by molar-refractivity contribution is 5.92. The number of halogens is 1. The number of likely N-dealkylation sites (tertiary alicyclic amines) is 1. The maximum atomic E-state index is 12.9. The number of alkyl halides is 1. The number of H-pyrrole nitrogens is 1. The van der Waals surface area contributed by atoms with Gasteiger partial charge in [-0.25, -0.2) is 9.37 Å². The largest absolute Gasteiger partial charge is 0.486 e. The van der Waals surface area contributed by atoms with Crippen molar-refractivity contribution in [3.63, 3.8) is 0 Å². The average molecular weight is 452 g/mol. The summed E-state index contributed by atoms with van der Waals surface area (Å²) in [5, 5.41) is 2.78. The van der Waals surface area contributed by atoms with E-state index in [1.165, 1.54) is 0 Å². The number of ether oxygens (including phenoxy) is 1. The molecule has 9 heteroatoms. The molecule has 0 spiro atoms. The molecule has 2 atom stereocenters. The standard InChI is InChI=1S/C24H26FN5O3/c1-13-5-20-21(29-23(13)31)6-15(9-26-20)11-30-12-22(14(30)2)33-18-3-4-19(27-10-18)24(32)28-17-7-16(25)8-17/h3-6,9-10,14,16-17,22H,7-8,11-12H2,1-2H3,(H,28,32)(H,29,31)/t14-,16-,17-,22+/m1/s1. The van der Waals surface area contributed by atoms with E-state index in [9.17, 15) is 14.0 Å². The Hall–Kier alpha value is -3.33. The summed E-state index contributed by atoms with van der Waals surface area (Å²) < 4.78 is 18.9. The fraction of sp³-hybridized carbons (Fsp3) is 0.417. The Bertz CT molecular complexity index is 1240. The molecule has 2 N–H and O–H groups in total. The molecule has 1 saturated carbocycles. The normalized spacial score (nSPS) is 24.7. The molecule has 3 aromatic rings. The van der Waals surface area contributed by atoms with Gasteiger partial charge in [-0.05, 0) is 56.5 Å². The Labute approximate surface area is 190 Å². The van der Waals surface area contributed by atoms with E-state index < -0.39 is 6.17 Å².